The van der Waals surface area contributed by atoms with Gasteiger partial charge in [0.2, 0.25) is 0 Å². The zero-order valence-electron chi connectivity index (χ0n) is 48.2. The van der Waals surface area contributed by atoms with Crippen molar-refractivity contribution in [1.29, 1.82) is 0 Å². The van der Waals surface area contributed by atoms with E-state index in [1.54, 1.807) is 48.5 Å². The number of esters is 4. The second-order valence-corrected chi connectivity index (χ2v) is 21.4. The first-order chi connectivity index (χ1) is 42.2. The monoisotopic (exact) mass is 1140 g/mol. The standard InChI is InChI=1S/C76H70O10/c1-3-69(77)83-47-19-7-5-17-45-81-67-41-37-57(38-42-67)75(79)85-73(71(63-33-29-53-21-9-13-25-59(53)49-63)64-34-30-54-22-10-14-26-60(54)50-64)74(86-76(80)58-39-43-68(44-40-58)82-46-18-6-8-20-48-84-70(78)4-2)72(65-35-31-55-23-11-15-27-61(55)51-65)66-36-32-56-24-12-16-28-62(56)52-66/h3-4,9-16,21-44,49-52,71-74H,1-2,5-8,17-20,45-48H2/t73-,74-/m1/s1. The van der Waals surface area contributed by atoms with Crippen molar-refractivity contribution in [3.05, 3.63) is 277 Å². The van der Waals surface area contributed by atoms with Crippen molar-refractivity contribution >= 4 is 67.0 Å². The van der Waals surface area contributed by atoms with Gasteiger partial charge in [-0.25, -0.2) is 19.2 Å². The molecular weight excluding hydrogens is 1070 g/mol. The zero-order chi connectivity index (χ0) is 59.5. The Balaban J connectivity index is 1.06. The van der Waals surface area contributed by atoms with Crippen LogP contribution in [0.2, 0.25) is 0 Å². The van der Waals surface area contributed by atoms with Crippen molar-refractivity contribution < 1.29 is 47.6 Å². The number of ether oxygens (including phenoxy) is 6. The van der Waals surface area contributed by atoms with Crippen molar-refractivity contribution in [2.45, 2.75) is 75.4 Å². The predicted octanol–water partition coefficient (Wildman–Crippen LogP) is 17.1. The van der Waals surface area contributed by atoms with Crippen LogP contribution in [0.1, 0.15) is 106 Å². The maximum absolute atomic E-state index is 15.5. The van der Waals surface area contributed by atoms with Gasteiger partial charge in [0, 0.05) is 24.0 Å². The molecule has 10 rings (SSSR count). The summed E-state index contributed by atoms with van der Waals surface area (Å²) >= 11 is 0. The molecule has 0 aliphatic heterocycles. The molecule has 0 radical (unpaired) electrons. The lowest BCUT2D eigenvalue weighted by molar-refractivity contribution is -0.138. The molecule has 0 aliphatic carbocycles. The molecule has 0 amide bonds. The molecule has 0 unspecified atom stereocenters. The molecule has 0 saturated carbocycles. The van der Waals surface area contributed by atoms with Crippen LogP contribution >= 0.6 is 0 Å². The zero-order valence-corrected chi connectivity index (χ0v) is 48.2. The highest BCUT2D eigenvalue weighted by Crippen LogP contribution is 2.44. The van der Waals surface area contributed by atoms with Gasteiger partial charge in [0.1, 0.15) is 11.5 Å². The quantitative estimate of drug-likeness (QED) is 0.0194. The smallest absolute Gasteiger partial charge is 0.338 e. The molecule has 0 spiro atoms. The first kappa shape index (κ1) is 59.4. The molecule has 434 valence electrons. The van der Waals surface area contributed by atoms with Gasteiger partial charge in [-0.15, -0.1) is 0 Å². The number of unbranched alkanes of at least 4 members (excludes halogenated alkanes) is 6. The minimum Gasteiger partial charge on any atom is -0.494 e. The normalized spacial score (nSPS) is 12.0. The fourth-order valence-corrected chi connectivity index (χ4v) is 11.1. The Morgan fingerprint density at radius 1 is 0.326 bits per heavy atom. The fraction of sp³-hybridized carbons (Fsp3) is 0.211. The molecule has 0 saturated heterocycles. The van der Waals surface area contributed by atoms with E-state index < -0.39 is 47.9 Å². The Bertz CT molecular complexity index is 3540. The van der Waals surface area contributed by atoms with Crippen LogP contribution in [0.15, 0.2) is 244 Å². The Morgan fingerprint density at radius 3 is 0.895 bits per heavy atom. The maximum atomic E-state index is 15.5. The summed E-state index contributed by atoms with van der Waals surface area (Å²) < 4.78 is 37.0. The van der Waals surface area contributed by atoms with Gasteiger partial charge in [0.25, 0.3) is 0 Å². The van der Waals surface area contributed by atoms with Gasteiger partial charge in [-0.2, -0.15) is 0 Å². The van der Waals surface area contributed by atoms with Crippen molar-refractivity contribution in [2.24, 2.45) is 0 Å². The van der Waals surface area contributed by atoms with Crippen LogP contribution in [0, 0.1) is 0 Å². The summed E-state index contributed by atoms with van der Waals surface area (Å²) in [5.41, 5.74) is 3.99. The van der Waals surface area contributed by atoms with Gasteiger partial charge in [-0.05, 0) is 165 Å². The topological polar surface area (TPSA) is 124 Å². The average Bonchev–Trinajstić information content (AvgIpc) is 1.17. The van der Waals surface area contributed by atoms with E-state index in [0.717, 1.165) is 117 Å². The lowest BCUT2D eigenvalue weighted by Gasteiger charge is -2.38. The van der Waals surface area contributed by atoms with E-state index in [-0.39, 0.29) is 11.1 Å². The fourth-order valence-electron chi connectivity index (χ4n) is 11.1. The third-order valence-corrected chi connectivity index (χ3v) is 15.6. The number of benzene rings is 10. The third kappa shape index (κ3) is 15.5. The number of hydrogen-bond acceptors (Lipinski definition) is 10. The second-order valence-electron chi connectivity index (χ2n) is 21.4. The van der Waals surface area contributed by atoms with Crippen LogP contribution < -0.4 is 9.47 Å². The molecule has 0 bridgehead atoms. The van der Waals surface area contributed by atoms with Crippen LogP contribution in [0.3, 0.4) is 0 Å². The van der Waals surface area contributed by atoms with E-state index in [9.17, 15) is 9.59 Å². The molecule has 2 atom stereocenters. The highest BCUT2D eigenvalue weighted by molar-refractivity contribution is 5.92. The minimum absolute atomic E-state index is 0.287. The van der Waals surface area contributed by atoms with E-state index in [1.807, 2.05) is 48.5 Å². The maximum Gasteiger partial charge on any atom is 0.338 e. The first-order valence-electron chi connectivity index (χ1n) is 29.6. The molecule has 10 heteroatoms. The summed E-state index contributed by atoms with van der Waals surface area (Å²) in [7, 11) is 0. The van der Waals surface area contributed by atoms with E-state index in [2.05, 4.69) is 134 Å². The van der Waals surface area contributed by atoms with E-state index in [0.29, 0.717) is 37.9 Å². The van der Waals surface area contributed by atoms with E-state index in [1.165, 1.54) is 12.2 Å². The number of carbonyl (C=O) groups is 4. The lowest BCUT2D eigenvalue weighted by Crippen LogP contribution is -2.44. The average molecular weight is 1140 g/mol. The molecular formula is C76H70O10. The summed E-state index contributed by atoms with van der Waals surface area (Å²) in [5.74, 6) is -2.31. The van der Waals surface area contributed by atoms with Gasteiger partial charge in [-0.1, -0.05) is 183 Å². The van der Waals surface area contributed by atoms with Crippen molar-refractivity contribution in [3.63, 3.8) is 0 Å². The van der Waals surface area contributed by atoms with Crippen LogP contribution in [-0.4, -0.2) is 62.5 Å². The van der Waals surface area contributed by atoms with Gasteiger partial charge in [-0.3, -0.25) is 0 Å². The predicted molar refractivity (Wildman–Crippen MR) is 341 cm³/mol. The van der Waals surface area contributed by atoms with E-state index >= 15 is 9.59 Å². The molecule has 86 heavy (non-hydrogen) atoms. The largest absolute Gasteiger partial charge is 0.494 e. The van der Waals surface area contributed by atoms with Crippen LogP contribution in [-0.2, 0) is 28.5 Å². The Hall–Kier alpha value is -9.80. The van der Waals surface area contributed by atoms with Crippen molar-refractivity contribution in [2.75, 3.05) is 26.4 Å². The summed E-state index contributed by atoms with van der Waals surface area (Å²) in [6.45, 7) is 8.51. The van der Waals surface area contributed by atoms with Gasteiger partial charge < -0.3 is 28.4 Å². The first-order valence-corrected chi connectivity index (χ1v) is 29.6. The Morgan fingerprint density at radius 2 is 0.605 bits per heavy atom. The van der Waals surface area contributed by atoms with Crippen LogP contribution in [0.4, 0.5) is 0 Å². The van der Waals surface area contributed by atoms with Crippen LogP contribution in [0.25, 0.3) is 43.1 Å². The van der Waals surface area contributed by atoms with E-state index in [4.69, 9.17) is 28.4 Å². The summed E-state index contributed by atoms with van der Waals surface area (Å²) in [4.78, 5) is 53.8. The number of hydrogen-bond donors (Lipinski definition) is 0. The van der Waals surface area contributed by atoms with Gasteiger partial charge in [0.15, 0.2) is 12.2 Å². The minimum atomic E-state index is -1.19. The molecule has 0 heterocycles. The van der Waals surface area contributed by atoms with Crippen molar-refractivity contribution in [3.8, 4) is 11.5 Å². The van der Waals surface area contributed by atoms with Crippen LogP contribution in [0.5, 0.6) is 11.5 Å². The van der Waals surface area contributed by atoms with Gasteiger partial charge in [0.05, 0.1) is 37.6 Å². The molecule has 0 aromatic heterocycles. The molecule has 10 aromatic carbocycles. The summed E-state index contributed by atoms with van der Waals surface area (Å²) in [6, 6.07) is 72.0. The Kier molecular flexibility index (Phi) is 20.5. The van der Waals surface area contributed by atoms with Gasteiger partial charge >= 0.3 is 23.9 Å². The number of fused-ring (bicyclic) bond motifs is 4. The highest BCUT2D eigenvalue weighted by Gasteiger charge is 2.44. The lowest BCUT2D eigenvalue weighted by atomic mass is 9.75. The molecule has 10 nitrogen and oxygen atoms in total. The third-order valence-electron chi connectivity index (χ3n) is 15.6. The number of carbonyl (C=O) groups excluding carboxylic acids is 4. The Labute approximate surface area is 502 Å². The SMILES string of the molecule is C=CC(=O)OCCCCCCOc1ccc(C(=O)O[C@H](C(c2ccc3ccccc3c2)c2ccc3ccccc3c2)[C@H](OC(=O)c2ccc(OCCCCCCOC(=O)C=C)cc2)C(c2ccc3ccccc3c2)c2ccc3ccccc3c2)cc1. The molecule has 0 fully saturated rings. The summed E-state index contributed by atoms with van der Waals surface area (Å²) in [5, 5.41) is 8.14. The summed E-state index contributed by atoms with van der Waals surface area (Å²) in [6.07, 6.45) is 6.55. The molecule has 0 aliphatic rings. The number of rotatable bonds is 29. The molecule has 10 aromatic rings. The highest BCUT2D eigenvalue weighted by atomic mass is 16.6. The second kappa shape index (κ2) is 29.6. The molecule has 0 N–H and O–H groups in total. The van der Waals surface area contributed by atoms with Crippen molar-refractivity contribution in [1.82, 2.24) is 0 Å².